The fourth-order valence-electron chi connectivity index (χ4n) is 3.51. The zero-order valence-corrected chi connectivity index (χ0v) is 12.7. The van der Waals surface area contributed by atoms with Gasteiger partial charge in [0.25, 0.3) is 0 Å². The lowest BCUT2D eigenvalue weighted by molar-refractivity contribution is -0.126. The second-order valence-corrected chi connectivity index (χ2v) is 6.70. The van der Waals surface area contributed by atoms with Gasteiger partial charge in [-0.1, -0.05) is 39.3 Å². The third kappa shape index (κ3) is 3.68. The average Bonchev–Trinajstić information content (AvgIpc) is 2.41. The molecule has 0 amide bonds. The molecule has 0 saturated heterocycles. The zero-order valence-electron chi connectivity index (χ0n) is 12.7. The summed E-state index contributed by atoms with van der Waals surface area (Å²) in [6.45, 7) is 6.69. The van der Waals surface area contributed by atoms with Crippen LogP contribution in [0.5, 0.6) is 0 Å². The summed E-state index contributed by atoms with van der Waals surface area (Å²) in [5.41, 5.74) is 0.928. The minimum Gasteiger partial charge on any atom is -0.299 e. The molecule has 20 heavy (non-hydrogen) atoms. The monoisotopic (exact) mass is 276 g/mol. The number of carbonyl (C=O) groups is 1. The molecule has 0 N–H and O–H groups in total. The SMILES string of the molecule is CC(C)[C@@H]1CC[C@@H](C)C[C@H]1C(=O)Cc1ccc(F)cc1. The first-order chi connectivity index (χ1) is 9.47. The maximum absolute atomic E-state index is 12.9. The van der Waals surface area contributed by atoms with Crippen molar-refractivity contribution < 1.29 is 9.18 Å². The molecule has 1 nitrogen and oxygen atoms in total. The van der Waals surface area contributed by atoms with Gasteiger partial charge in [0.2, 0.25) is 0 Å². The maximum Gasteiger partial charge on any atom is 0.140 e. The third-order valence-electron chi connectivity index (χ3n) is 4.73. The Morgan fingerprint density at radius 1 is 1.25 bits per heavy atom. The number of hydrogen-bond donors (Lipinski definition) is 0. The number of carbonyl (C=O) groups excluding carboxylic acids is 1. The summed E-state index contributed by atoms with van der Waals surface area (Å²) >= 11 is 0. The minimum atomic E-state index is -0.243. The topological polar surface area (TPSA) is 17.1 Å². The van der Waals surface area contributed by atoms with E-state index >= 15 is 0 Å². The molecular weight excluding hydrogens is 251 g/mol. The van der Waals surface area contributed by atoms with Crippen molar-refractivity contribution in [3.63, 3.8) is 0 Å². The van der Waals surface area contributed by atoms with Gasteiger partial charge in [-0.25, -0.2) is 4.39 Å². The van der Waals surface area contributed by atoms with Crippen molar-refractivity contribution in [3.8, 4) is 0 Å². The van der Waals surface area contributed by atoms with Crippen LogP contribution < -0.4 is 0 Å². The van der Waals surface area contributed by atoms with E-state index in [1.54, 1.807) is 12.1 Å². The molecule has 0 spiro atoms. The molecule has 0 aromatic heterocycles. The van der Waals surface area contributed by atoms with Crippen molar-refractivity contribution in [2.24, 2.45) is 23.7 Å². The molecule has 0 unspecified atom stereocenters. The van der Waals surface area contributed by atoms with Gasteiger partial charge in [-0.05, 0) is 48.3 Å². The molecule has 0 heterocycles. The Labute approximate surface area is 121 Å². The van der Waals surface area contributed by atoms with Crippen LogP contribution in [0.15, 0.2) is 24.3 Å². The predicted octanol–water partition coefficient (Wildman–Crippen LogP) is 4.65. The fraction of sp³-hybridized carbons (Fsp3) is 0.611. The quantitative estimate of drug-likeness (QED) is 0.782. The van der Waals surface area contributed by atoms with Crippen molar-refractivity contribution in [1.29, 1.82) is 0 Å². The fourth-order valence-corrected chi connectivity index (χ4v) is 3.51. The van der Waals surface area contributed by atoms with Crippen molar-refractivity contribution in [2.45, 2.75) is 46.5 Å². The first kappa shape index (κ1) is 15.2. The van der Waals surface area contributed by atoms with Gasteiger partial charge in [0.1, 0.15) is 11.6 Å². The van der Waals surface area contributed by atoms with Crippen LogP contribution in [0.3, 0.4) is 0 Å². The average molecular weight is 276 g/mol. The second-order valence-electron chi connectivity index (χ2n) is 6.70. The number of halogens is 1. The molecular formula is C18H25FO. The Hall–Kier alpha value is -1.18. The largest absolute Gasteiger partial charge is 0.299 e. The van der Waals surface area contributed by atoms with Gasteiger partial charge in [-0.3, -0.25) is 4.79 Å². The van der Waals surface area contributed by atoms with E-state index in [1.165, 1.54) is 25.0 Å². The summed E-state index contributed by atoms with van der Waals surface area (Å²) in [5.74, 6) is 1.99. The highest BCUT2D eigenvalue weighted by Crippen LogP contribution is 2.38. The van der Waals surface area contributed by atoms with Crippen LogP contribution in [0.25, 0.3) is 0 Å². The lowest BCUT2D eigenvalue weighted by Gasteiger charge is -2.36. The Balaban J connectivity index is 2.07. The standard InChI is InChI=1S/C18H25FO/c1-12(2)16-9-4-13(3)10-17(16)18(20)11-14-5-7-15(19)8-6-14/h5-8,12-13,16-17H,4,9-11H2,1-3H3/t13-,16+,17-/m1/s1. The van der Waals surface area contributed by atoms with Crippen LogP contribution in [0.1, 0.15) is 45.6 Å². The Kier molecular flexibility index (Phi) is 4.95. The molecule has 2 heteroatoms. The molecule has 0 aliphatic heterocycles. The van der Waals surface area contributed by atoms with E-state index in [0.29, 0.717) is 30.0 Å². The number of ketones is 1. The van der Waals surface area contributed by atoms with Crippen LogP contribution in [-0.4, -0.2) is 5.78 Å². The molecule has 0 bridgehead atoms. The smallest absolute Gasteiger partial charge is 0.140 e. The highest BCUT2D eigenvalue weighted by atomic mass is 19.1. The number of hydrogen-bond acceptors (Lipinski definition) is 1. The second kappa shape index (κ2) is 6.51. The van der Waals surface area contributed by atoms with Crippen molar-refractivity contribution in [3.05, 3.63) is 35.6 Å². The summed E-state index contributed by atoms with van der Waals surface area (Å²) in [6.07, 6.45) is 3.87. The van der Waals surface area contributed by atoms with Crippen molar-refractivity contribution in [2.75, 3.05) is 0 Å². The van der Waals surface area contributed by atoms with Gasteiger partial charge in [-0.15, -0.1) is 0 Å². The number of benzene rings is 1. The first-order valence-corrected chi connectivity index (χ1v) is 7.74. The van der Waals surface area contributed by atoms with Crippen LogP contribution >= 0.6 is 0 Å². The van der Waals surface area contributed by atoms with Crippen LogP contribution in [0.2, 0.25) is 0 Å². The van der Waals surface area contributed by atoms with E-state index < -0.39 is 0 Å². The number of rotatable bonds is 4. The van der Waals surface area contributed by atoms with E-state index in [4.69, 9.17) is 0 Å². The van der Waals surface area contributed by atoms with Gasteiger partial charge in [-0.2, -0.15) is 0 Å². The van der Waals surface area contributed by atoms with E-state index in [9.17, 15) is 9.18 Å². The van der Waals surface area contributed by atoms with Gasteiger partial charge >= 0.3 is 0 Å². The zero-order chi connectivity index (χ0) is 14.7. The van der Waals surface area contributed by atoms with Crippen LogP contribution in [-0.2, 0) is 11.2 Å². The van der Waals surface area contributed by atoms with Gasteiger partial charge < -0.3 is 0 Å². The summed E-state index contributed by atoms with van der Waals surface area (Å²) in [6, 6.07) is 6.33. The number of Topliss-reactive ketones (excluding diaryl/α,β-unsaturated/α-hetero) is 1. The lowest BCUT2D eigenvalue weighted by atomic mass is 9.68. The summed E-state index contributed by atoms with van der Waals surface area (Å²) in [4.78, 5) is 12.6. The van der Waals surface area contributed by atoms with Gasteiger partial charge in [0.15, 0.2) is 0 Å². The molecule has 110 valence electrons. The van der Waals surface area contributed by atoms with Crippen LogP contribution in [0, 0.1) is 29.5 Å². The highest BCUT2D eigenvalue weighted by molar-refractivity contribution is 5.83. The molecule has 1 fully saturated rings. The van der Waals surface area contributed by atoms with E-state index in [0.717, 1.165) is 12.0 Å². The minimum absolute atomic E-state index is 0.184. The first-order valence-electron chi connectivity index (χ1n) is 7.74. The molecule has 1 aliphatic carbocycles. The van der Waals surface area contributed by atoms with Crippen molar-refractivity contribution in [1.82, 2.24) is 0 Å². The Bertz CT molecular complexity index is 449. The van der Waals surface area contributed by atoms with E-state index in [-0.39, 0.29) is 11.7 Å². The third-order valence-corrected chi connectivity index (χ3v) is 4.73. The molecule has 2 rings (SSSR count). The van der Waals surface area contributed by atoms with E-state index in [1.807, 2.05) is 0 Å². The summed E-state index contributed by atoms with van der Waals surface area (Å²) < 4.78 is 12.9. The Morgan fingerprint density at radius 2 is 1.90 bits per heavy atom. The van der Waals surface area contributed by atoms with Crippen molar-refractivity contribution >= 4 is 5.78 Å². The molecule has 1 saturated carbocycles. The van der Waals surface area contributed by atoms with Crippen LogP contribution in [0.4, 0.5) is 4.39 Å². The normalized spacial score (nSPS) is 26.8. The highest BCUT2D eigenvalue weighted by Gasteiger charge is 2.34. The van der Waals surface area contributed by atoms with Gasteiger partial charge in [0.05, 0.1) is 0 Å². The predicted molar refractivity (Wildman–Crippen MR) is 79.9 cm³/mol. The van der Waals surface area contributed by atoms with E-state index in [2.05, 4.69) is 20.8 Å². The lowest BCUT2D eigenvalue weighted by Crippen LogP contribution is -2.34. The Morgan fingerprint density at radius 3 is 2.50 bits per heavy atom. The molecule has 1 aromatic rings. The summed E-state index contributed by atoms with van der Waals surface area (Å²) in [7, 11) is 0. The van der Waals surface area contributed by atoms with Gasteiger partial charge in [0, 0.05) is 12.3 Å². The summed E-state index contributed by atoms with van der Waals surface area (Å²) in [5, 5.41) is 0. The molecule has 1 aliphatic rings. The molecule has 1 aromatic carbocycles. The molecule has 3 atom stereocenters. The molecule has 0 radical (unpaired) electrons. The maximum atomic E-state index is 12.9.